The third kappa shape index (κ3) is 4.50. The Hall–Kier alpha value is -3.38. The summed E-state index contributed by atoms with van der Waals surface area (Å²) in [6.45, 7) is 6.44. The molecule has 3 aromatic heterocycles. The van der Waals surface area contributed by atoms with Crippen LogP contribution in [0.5, 0.6) is 0 Å². The van der Waals surface area contributed by atoms with Crippen LogP contribution in [0, 0.1) is 6.92 Å². The first kappa shape index (κ1) is 23.4. The average Bonchev–Trinajstić information content (AvgIpc) is 3.47. The highest BCUT2D eigenvalue weighted by Gasteiger charge is 2.33. The predicted octanol–water partition coefficient (Wildman–Crippen LogP) is 3.47. The molecule has 35 heavy (non-hydrogen) atoms. The minimum atomic E-state index is -3.86. The van der Waals surface area contributed by atoms with Crippen molar-refractivity contribution in [2.75, 3.05) is 17.9 Å². The van der Waals surface area contributed by atoms with Gasteiger partial charge in [0.1, 0.15) is 5.82 Å². The fourth-order valence-corrected chi connectivity index (χ4v) is 5.43. The number of aromatic nitrogens is 6. The largest absolute Gasteiger partial charge is 0.381 e. The van der Waals surface area contributed by atoms with Crippen molar-refractivity contribution in [1.29, 1.82) is 0 Å². The molecule has 0 saturated carbocycles. The summed E-state index contributed by atoms with van der Waals surface area (Å²) in [6.07, 6.45) is 4.75. The number of aryl methyl sites for hydroxylation is 1. The second-order valence-electron chi connectivity index (χ2n) is 8.85. The number of nitrogens with zero attached hydrogens (tertiary/aromatic N) is 6. The number of sulfonamides is 1. The molecule has 0 bridgehead atoms. The minimum absolute atomic E-state index is 0.0601. The molecule has 1 N–H and O–H groups in total. The summed E-state index contributed by atoms with van der Waals surface area (Å²) in [4.78, 5) is 8.62. The molecule has 11 nitrogen and oxygen atoms in total. The van der Waals surface area contributed by atoms with Crippen LogP contribution >= 0.6 is 0 Å². The van der Waals surface area contributed by atoms with Crippen LogP contribution < -0.4 is 4.72 Å². The van der Waals surface area contributed by atoms with Gasteiger partial charge < -0.3 is 9.26 Å². The molecule has 1 saturated heterocycles. The van der Waals surface area contributed by atoms with Crippen LogP contribution in [0.25, 0.3) is 22.5 Å². The Balaban J connectivity index is 1.51. The van der Waals surface area contributed by atoms with E-state index in [2.05, 4.69) is 30.0 Å². The van der Waals surface area contributed by atoms with Crippen LogP contribution in [0.3, 0.4) is 0 Å². The lowest BCUT2D eigenvalue weighted by Gasteiger charge is -2.26. The number of ether oxygens (including phenoxy) is 1. The van der Waals surface area contributed by atoms with Crippen LogP contribution in [0.15, 0.2) is 41.2 Å². The molecule has 5 rings (SSSR count). The average molecular weight is 498 g/mol. The number of fused-ring (bicyclic) bond motifs is 1. The van der Waals surface area contributed by atoms with Gasteiger partial charge in [-0.05, 0) is 44.4 Å². The maximum atomic E-state index is 13.4. The summed E-state index contributed by atoms with van der Waals surface area (Å²) in [5.41, 5.74) is 2.04. The summed E-state index contributed by atoms with van der Waals surface area (Å²) in [6, 6.07) is 7.40. The highest BCUT2D eigenvalue weighted by molar-refractivity contribution is 7.93. The Morgan fingerprint density at radius 3 is 2.54 bits per heavy atom. The standard InChI is InChI=1S/C23H27N7O4S/c1-14-12-24-21(25-13-14)15(2)16(3)35(31,32)29-23-27-26-22(30(23)17-8-10-33-11-9-17)20-18-6-4-5-7-19(18)34-28-20/h4-7,12-13,15-17H,8-11H2,1-3H3,(H,27,29)/t15-,16-/m0/s1. The van der Waals surface area contributed by atoms with Crippen LogP contribution in [0.4, 0.5) is 5.95 Å². The summed E-state index contributed by atoms with van der Waals surface area (Å²) >= 11 is 0. The van der Waals surface area contributed by atoms with Crippen LogP contribution in [-0.2, 0) is 14.8 Å². The van der Waals surface area contributed by atoms with Gasteiger partial charge in [-0.1, -0.05) is 24.2 Å². The lowest BCUT2D eigenvalue weighted by Crippen LogP contribution is -2.32. The van der Waals surface area contributed by atoms with Crippen molar-refractivity contribution in [2.45, 2.75) is 50.8 Å². The van der Waals surface area contributed by atoms with E-state index in [0.717, 1.165) is 10.9 Å². The van der Waals surface area contributed by atoms with Crippen molar-refractivity contribution in [3.05, 3.63) is 48.0 Å². The summed E-state index contributed by atoms with van der Waals surface area (Å²) < 4.78 is 42.3. The molecule has 0 unspecified atom stereocenters. The van der Waals surface area contributed by atoms with E-state index in [0.29, 0.717) is 49.0 Å². The van der Waals surface area contributed by atoms with Gasteiger partial charge in [0.15, 0.2) is 17.1 Å². The Morgan fingerprint density at radius 1 is 1.09 bits per heavy atom. The van der Waals surface area contributed by atoms with E-state index < -0.39 is 21.2 Å². The van der Waals surface area contributed by atoms with E-state index in [1.807, 2.05) is 35.8 Å². The van der Waals surface area contributed by atoms with Crippen LogP contribution in [0.1, 0.15) is 50.0 Å². The summed E-state index contributed by atoms with van der Waals surface area (Å²) in [5, 5.41) is 12.8. The molecule has 12 heteroatoms. The normalized spacial score (nSPS) is 16.9. The highest BCUT2D eigenvalue weighted by atomic mass is 32.2. The molecule has 4 aromatic rings. The number of anilines is 1. The van der Waals surface area contributed by atoms with Gasteiger partial charge in [-0.2, -0.15) is 0 Å². The molecule has 1 aliphatic rings. The first-order chi connectivity index (χ1) is 16.8. The van der Waals surface area contributed by atoms with Crippen molar-refractivity contribution >= 4 is 26.9 Å². The molecule has 0 aliphatic carbocycles. The molecule has 0 spiro atoms. The predicted molar refractivity (Wildman–Crippen MR) is 129 cm³/mol. The minimum Gasteiger partial charge on any atom is -0.381 e. The molecule has 184 valence electrons. The van der Waals surface area contributed by atoms with Crippen molar-refractivity contribution in [1.82, 2.24) is 29.9 Å². The molecule has 1 aliphatic heterocycles. The van der Waals surface area contributed by atoms with E-state index in [9.17, 15) is 8.42 Å². The zero-order valence-electron chi connectivity index (χ0n) is 19.7. The third-order valence-electron chi connectivity index (χ3n) is 6.48. The second-order valence-corrected chi connectivity index (χ2v) is 10.9. The molecule has 0 radical (unpaired) electrons. The lowest BCUT2D eigenvalue weighted by atomic mass is 10.1. The van der Waals surface area contributed by atoms with Crippen molar-refractivity contribution in [2.24, 2.45) is 0 Å². The van der Waals surface area contributed by atoms with E-state index in [1.165, 1.54) is 0 Å². The molecule has 2 atom stereocenters. The Kier molecular flexibility index (Phi) is 6.24. The van der Waals surface area contributed by atoms with E-state index in [4.69, 9.17) is 9.26 Å². The third-order valence-corrected chi connectivity index (χ3v) is 8.33. The number of benzene rings is 1. The smallest absolute Gasteiger partial charge is 0.238 e. The van der Waals surface area contributed by atoms with Gasteiger partial charge in [-0.15, -0.1) is 10.2 Å². The summed E-state index contributed by atoms with van der Waals surface area (Å²) in [7, 11) is -3.86. The zero-order valence-corrected chi connectivity index (χ0v) is 20.6. The fraction of sp³-hybridized carbons (Fsp3) is 0.435. The van der Waals surface area contributed by atoms with Crippen LogP contribution in [0.2, 0.25) is 0 Å². The number of nitrogens with one attached hydrogen (secondary N) is 1. The number of rotatable bonds is 7. The molecule has 1 fully saturated rings. The quantitative estimate of drug-likeness (QED) is 0.407. The highest BCUT2D eigenvalue weighted by Crippen LogP contribution is 2.34. The molecule has 1 aromatic carbocycles. The molecule has 0 amide bonds. The SMILES string of the molecule is Cc1cnc([C@@H](C)[C@H](C)S(=O)(=O)Nc2nnc(-c3noc4ccccc34)n2C2CCOCC2)nc1. The Labute approximate surface area is 203 Å². The van der Waals surface area contributed by atoms with Crippen molar-refractivity contribution < 1.29 is 17.7 Å². The molecule has 4 heterocycles. The van der Waals surface area contributed by atoms with Gasteiger partial charge in [0.05, 0.1) is 10.6 Å². The maximum absolute atomic E-state index is 13.4. The van der Waals surface area contributed by atoms with Crippen molar-refractivity contribution in [3.63, 3.8) is 0 Å². The number of para-hydroxylation sites is 1. The van der Waals surface area contributed by atoms with Gasteiger partial charge in [-0.25, -0.2) is 18.4 Å². The monoisotopic (exact) mass is 497 g/mol. The lowest BCUT2D eigenvalue weighted by molar-refractivity contribution is 0.0704. The van der Waals surface area contributed by atoms with E-state index in [-0.39, 0.29) is 12.0 Å². The zero-order chi connectivity index (χ0) is 24.6. The van der Waals surface area contributed by atoms with Gasteiger partial charge in [0.25, 0.3) is 0 Å². The van der Waals surface area contributed by atoms with E-state index >= 15 is 0 Å². The second kappa shape index (κ2) is 9.34. The van der Waals surface area contributed by atoms with Gasteiger partial charge in [0.2, 0.25) is 16.0 Å². The van der Waals surface area contributed by atoms with Crippen LogP contribution in [-0.4, -0.2) is 56.8 Å². The summed E-state index contributed by atoms with van der Waals surface area (Å²) in [5.74, 6) is 0.616. The van der Waals surface area contributed by atoms with Gasteiger partial charge in [0, 0.05) is 37.6 Å². The van der Waals surface area contributed by atoms with Gasteiger partial charge >= 0.3 is 0 Å². The maximum Gasteiger partial charge on any atom is 0.238 e. The number of hydrogen-bond acceptors (Lipinski definition) is 9. The van der Waals surface area contributed by atoms with Crippen molar-refractivity contribution in [3.8, 4) is 11.5 Å². The first-order valence-corrected chi connectivity index (χ1v) is 13.1. The molecular formula is C23H27N7O4S. The van der Waals surface area contributed by atoms with E-state index in [1.54, 1.807) is 26.2 Å². The fourth-order valence-electron chi connectivity index (χ4n) is 4.20. The van der Waals surface area contributed by atoms with Gasteiger partial charge in [-0.3, -0.25) is 9.29 Å². The topological polar surface area (TPSA) is 138 Å². The number of hydrogen-bond donors (Lipinski definition) is 1. The first-order valence-electron chi connectivity index (χ1n) is 11.5. The Bertz CT molecular complexity index is 1430. The molecular weight excluding hydrogens is 470 g/mol. The Morgan fingerprint density at radius 2 is 1.80 bits per heavy atom.